The van der Waals surface area contributed by atoms with Gasteiger partial charge in [0.15, 0.2) is 0 Å². The zero-order chi connectivity index (χ0) is 20.5. The van der Waals surface area contributed by atoms with Crippen LogP contribution in [-0.2, 0) is 4.79 Å². The van der Waals surface area contributed by atoms with Gasteiger partial charge in [-0.25, -0.2) is 9.37 Å². The Hall–Kier alpha value is -2.86. The first kappa shape index (κ1) is 19.5. The lowest BCUT2D eigenvalue weighted by atomic mass is 9.86. The van der Waals surface area contributed by atoms with Crippen LogP contribution in [0.3, 0.4) is 0 Å². The number of halogens is 2. The summed E-state index contributed by atoms with van der Waals surface area (Å²) in [5.41, 5.74) is 3.92. The Morgan fingerprint density at radius 1 is 1.41 bits per heavy atom. The van der Waals surface area contributed by atoms with Crippen molar-refractivity contribution < 1.29 is 19.0 Å². The van der Waals surface area contributed by atoms with Crippen LogP contribution in [0.25, 0.3) is 27.7 Å². The van der Waals surface area contributed by atoms with E-state index in [2.05, 4.69) is 16.0 Å². The monoisotopic (exact) mass is 414 g/mol. The van der Waals surface area contributed by atoms with Crippen molar-refractivity contribution in [2.75, 3.05) is 7.11 Å². The Morgan fingerprint density at radius 3 is 2.93 bits per heavy atom. The van der Waals surface area contributed by atoms with E-state index in [1.165, 1.54) is 19.2 Å². The predicted molar refractivity (Wildman–Crippen MR) is 111 cm³/mol. The number of hydrogen-bond donors (Lipinski definition) is 2. The molecule has 0 amide bonds. The van der Waals surface area contributed by atoms with Crippen LogP contribution >= 0.6 is 11.6 Å². The van der Waals surface area contributed by atoms with Crippen molar-refractivity contribution in [3.63, 3.8) is 0 Å². The number of aromatic amines is 1. The van der Waals surface area contributed by atoms with Crippen LogP contribution in [0, 0.1) is 11.7 Å². The largest absolute Gasteiger partial charge is 0.496 e. The van der Waals surface area contributed by atoms with Crippen LogP contribution in [0.15, 0.2) is 36.5 Å². The molecule has 4 rings (SSSR count). The summed E-state index contributed by atoms with van der Waals surface area (Å²) in [4.78, 5) is 18.6. The van der Waals surface area contributed by atoms with Crippen LogP contribution in [0.1, 0.15) is 31.4 Å². The van der Waals surface area contributed by atoms with Crippen LogP contribution < -0.4 is 4.74 Å². The molecule has 0 bridgehead atoms. The molecule has 1 aliphatic carbocycles. The van der Waals surface area contributed by atoms with Gasteiger partial charge in [0.1, 0.15) is 17.2 Å². The minimum absolute atomic E-state index is 0.167. The molecule has 0 aliphatic heterocycles. The van der Waals surface area contributed by atoms with Crippen molar-refractivity contribution in [2.24, 2.45) is 5.92 Å². The summed E-state index contributed by atoms with van der Waals surface area (Å²) in [6.45, 7) is 0. The van der Waals surface area contributed by atoms with Crippen molar-refractivity contribution in [1.29, 1.82) is 0 Å². The number of aromatic nitrogens is 2. The normalized spacial score (nSPS) is 16.7. The van der Waals surface area contributed by atoms with Gasteiger partial charge in [0, 0.05) is 34.8 Å². The number of aliphatic carboxylic acids is 1. The number of carbonyl (C=O) groups is 1. The molecule has 29 heavy (non-hydrogen) atoms. The van der Waals surface area contributed by atoms with Crippen molar-refractivity contribution in [3.8, 4) is 16.9 Å². The number of H-pyrrole nitrogens is 1. The summed E-state index contributed by atoms with van der Waals surface area (Å²) in [7, 11) is 1.53. The second kappa shape index (κ2) is 7.87. The molecular formula is C22H20ClFN2O3. The Labute approximate surface area is 172 Å². The number of carboxylic acids is 1. The summed E-state index contributed by atoms with van der Waals surface area (Å²) in [5, 5.41) is 10.2. The maximum Gasteiger partial charge on any atom is 0.303 e. The van der Waals surface area contributed by atoms with Gasteiger partial charge in [-0.2, -0.15) is 0 Å². The molecule has 2 N–H and O–H groups in total. The van der Waals surface area contributed by atoms with E-state index in [1.807, 2.05) is 6.07 Å². The fraction of sp³-hybridized carbons (Fsp3) is 0.273. The Balaban J connectivity index is 1.77. The van der Waals surface area contributed by atoms with Crippen molar-refractivity contribution in [3.05, 3.63) is 53.1 Å². The lowest BCUT2D eigenvalue weighted by Crippen LogP contribution is -2.10. The van der Waals surface area contributed by atoms with Crippen molar-refractivity contribution in [2.45, 2.75) is 25.7 Å². The molecule has 3 aromatic rings. The number of ether oxygens (including phenoxy) is 1. The quantitative estimate of drug-likeness (QED) is 0.562. The predicted octanol–water partition coefficient (Wildman–Crippen LogP) is 5.69. The fourth-order valence-corrected chi connectivity index (χ4v) is 4.19. The van der Waals surface area contributed by atoms with Crippen LogP contribution in [0.5, 0.6) is 5.75 Å². The van der Waals surface area contributed by atoms with Gasteiger partial charge in [0.25, 0.3) is 0 Å². The minimum Gasteiger partial charge on any atom is -0.496 e. The van der Waals surface area contributed by atoms with E-state index in [-0.39, 0.29) is 18.2 Å². The second-order valence-electron chi connectivity index (χ2n) is 7.24. The molecule has 0 saturated carbocycles. The second-order valence-corrected chi connectivity index (χ2v) is 7.65. The molecule has 0 radical (unpaired) electrons. The van der Waals surface area contributed by atoms with E-state index in [0.717, 1.165) is 35.9 Å². The first-order valence-electron chi connectivity index (χ1n) is 9.38. The average molecular weight is 415 g/mol. The smallest absolute Gasteiger partial charge is 0.303 e. The molecule has 2 heterocycles. The summed E-state index contributed by atoms with van der Waals surface area (Å²) in [6, 6.07) is 6.30. The first-order chi connectivity index (χ1) is 14.0. The Kier molecular flexibility index (Phi) is 5.28. The fourth-order valence-electron chi connectivity index (χ4n) is 3.94. The number of benzene rings is 1. The number of hydrogen-bond acceptors (Lipinski definition) is 3. The molecule has 0 spiro atoms. The first-order valence-corrected chi connectivity index (χ1v) is 9.76. The SMILES string of the molecule is COc1ccc(F)cc1-c1c(Cl)cnc2[nH]c(C3=CCC(CC(=O)O)CC3)cc12. The van der Waals surface area contributed by atoms with Crippen LogP contribution in [0.2, 0.25) is 5.02 Å². The number of methoxy groups -OCH3 is 1. The van der Waals surface area contributed by atoms with Gasteiger partial charge < -0.3 is 14.8 Å². The van der Waals surface area contributed by atoms with Crippen molar-refractivity contribution in [1.82, 2.24) is 9.97 Å². The van der Waals surface area contributed by atoms with Crippen molar-refractivity contribution >= 4 is 34.2 Å². The molecule has 1 atom stereocenters. The molecule has 0 saturated heterocycles. The summed E-state index contributed by atoms with van der Waals surface area (Å²) < 4.78 is 19.4. The van der Waals surface area contributed by atoms with Crippen LogP contribution in [-0.4, -0.2) is 28.2 Å². The molecule has 150 valence electrons. The lowest BCUT2D eigenvalue weighted by Gasteiger charge is -2.19. The number of pyridine rings is 1. The van der Waals surface area contributed by atoms with E-state index in [9.17, 15) is 9.18 Å². The lowest BCUT2D eigenvalue weighted by molar-refractivity contribution is -0.138. The maximum atomic E-state index is 14.0. The van der Waals surface area contributed by atoms with Gasteiger partial charge in [-0.3, -0.25) is 4.79 Å². The summed E-state index contributed by atoms with van der Waals surface area (Å²) in [6.07, 6.45) is 6.17. The van der Waals surface area contributed by atoms with E-state index in [1.54, 1.807) is 12.3 Å². The highest BCUT2D eigenvalue weighted by Gasteiger charge is 2.21. The van der Waals surface area contributed by atoms with Gasteiger partial charge in [0.05, 0.1) is 12.1 Å². The van der Waals surface area contributed by atoms with Gasteiger partial charge in [-0.05, 0) is 55.0 Å². The third-order valence-corrected chi connectivity index (χ3v) is 5.66. The highest BCUT2D eigenvalue weighted by molar-refractivity contribution is 6.35. The maximum absolute atomic E-state index is 14.0. The summed E-state index contributed by atoms with van der Waals surface area (Å²) in [5.74, 6) is -0.445. The number of allylic oxidation sites excluding steroid dienone is 2. The molecule has 0 fully saturated rings. The highest BCUT2D eigenvalue weighted by atomic mass is 35.5. The van der Waals surface area contributed by atoms with E-state index in [0.29, 0.717) is 27.5 Å². The topological polar surface area (TPSA) is 75.2 Å². The summed E-state index contributed by atoms with van der Waals surface area (Å²) >= 11 is 6.46. The zero-order valence-corrected chi connectivity index (χ0v) is 16.6. The molecule has 1 aliphatic rings. The molecular weight excluding hydrogens is 395 g/mol. The Bertz CT molecular complexity index is 1120. The van der Waals surface area contributed by atoms with Gasteiger partial charge in [0.2, 0.25) is 0 Å². The molecule has 5 nitrogen and oxygen atoms in total. The van der Waals surface area contributed by atoms with E-state index >= 15 is 0 Å². The minimum atomic E-state index is -0.759. The van der Waals surface area contributed by atoms with Gasteiger partial charge in [-0.15, -0.1) is 0 Å². The third kappa shape index (κ3) is 3.85. The molecule has 1 aromatic carbocycles. The number of nitrogens with zero attached hydrogens (tertiary/aromatic N) is 1. The number of fused-ring (bicyclic) bond motifs is 1. The third-order valence-electron chi connectivity index (χ3n) is 5.37. The standard InChI is InChI=1S/C22H20ClFN2O3/c1-29-19-7-6-14(24)9-15(19)21-16-10-18(26-22(16)25-11-17(21)23)13-4-2-12(3-5-13)8-20(27)28/h4,6-7,9-12H,2-3,5,8H2,1H3,(H,25,26)(H,27,28). The van der Waals surface area contributed by atoms with Crippen LogP contribution in [0.4, 0.5) is 4.39 Å². The van der Waals surface area contributed by atoms with Gasteiger partial charge >= 0.3 is 5.97 Å². The Morgan fingerprint density at radius 2 is 2.24 bits per heavy atom. The average Bonchev–Trinajstić information content (AvgIpc) is 3.12. The molecule has 2 aromatic heterocycles. The highest BCUT2D eigenvalue weighted by Crippen LogP contribution is 2.41. The number of carboxylic acid groups (broad SMARTS) is 1. The molecule has 7 heteroatoms. The van der Waals surface area contributed by atoms with E-state index in [4.69, 9.17) is 21.4 Å². The zero-order valence-electron chi connectivity index (χ0n) is 15.8. The van der Waals surface area contributed by atoms with E-state index < -0.39 is 5.97 Å². The molecule has 1 unspecified atom stereocenters. The van der Waals surface area contributed by atoms with Gasteiger partial charge in [-0.1, -0.05) is 17.7 Å². The number of rotatable bonds is 5. The number of nitrogens with one attached hydrogen (secondary N) is 1.